The normalized spacial score (nSPS) is 23.8. The van der Waals surface area contributed by atoms with E-state index in [0.717, 1.165) is 16.7 Å². The second-order valence-corrected chi connectivity index (χ2v) is 6.31. The smallest absolute Gasteiger partial charge is 0.407 e. The zero-order valence-electron chi connectivity index (χ0n) is 10.6. The molecule has 1 N–H and O–H groups in total. The van der Waals surface area contributed by atoms with Crippen molar-refractivity contribution in [1.82, 2.24) is 4.90 Å². The monoisotopic (exact) mass is 275 g/mol. The van der Waals surface area contributed by atoms with Crippen molar-refractivity contribution >= 4 is 29.4 Å². The molecule has 7 heteroatoms. The molecular formula is C11H17NO5S. The van der Waals surface area contributed by atoms with Gasteiger partial charge in [-0.25, -0.2) is 9.59 Å². The van der Waals surface area contributed by atoms with Crippen LogP contribution >= 0.6 is 11.8 Å². The largest absolute Gasteiger partial charge is 0.465 e. The number of likely N-dealkylation sites (tertiary alicyclic amines) is 1. The Morgan fingerprint density at radius 1 is 1.44 bits per heavy atom. The van der Waals surface area contributed by atoms with Crippen LogP contribution in [0.3, 0.4) is 0 Å². The lowest BCUT2D eigenvalue weighted by Gasteiger charge is -2.20. The standard InChI is InChI=1S/C11H17NO5S/c1-11(2,3)17-10(16)18-8-4-7(6-13)12(5-8)9(14)15/h6-8H,4-5H2,1-3H3,(H,14,15)/t7-,8-/m0/s1. The zero-order valence-corrected chi connectivity index (χ0v) is 11.4. The molecule has 0 aromatic heterocycles. The summed E-state index contributed by atoms with van der Waals surface area (Å²) in [5.74, 6) is 0. The van der Waals surface area contributed by atoms with Crippen molar-refractivity contribution in [2.24, 2.45) is 0 Å². The van der Waals surface area contributed by atoms with E-state index >= 15 is 0 Å². The molecule has 0 bridgehead atoms. The van der Waals surface area contributed by atoms with Crippen molar-refractivity contribution in [3.63, 3.8) is 0 Å². The first kappa shape index (κ1) is 14.8. The summed E-state index contributed by atoms with van der Waals surface area (Å²) in [6.07, 6.45) is -0.192. The van der Waals surface area contributed by atoms with Crippen LogP contribution in [0.4, 0.5) is 9.59 Å². The van der Waals surface area contributed by atoms with E-state index in [1.165, 1.54) is 0 Å². The Labute approximate surface area is 110 Å². The van der Waals surface area contributed by atoms with E-state index in [0.29, 0.717) is 12.7 Å². The molecule has 1 rings (SSSR count). The fraction of sp³-hybridized carbons (Fsp3) is 0.727. The number of hydrogen-bond acceptors (Lipinski definition) is 5. The molecule has 0 aliphatic carbocycles. The summed E-state index contributed by atoms with van der Waals surface area (Å²) in [5, 5.41) is 8.22. The maximum atomic E-state index is 11.6. The molecule has 102 valence electrons. The van der Waals surface area contributed by atoms with Gasteiger partial charge in [0, 0.05) is 11.8 Å². The third-order valence-electron chi connectivity index (χ3n) is 2.36. The molecule has 0 aromatic rings. The van der Waals surface area contributed by atoms with Crippen molar-refractivity contribution in [1.29, 1.82) is 0 Å². The van der Waals surface area contributed by atoms with Gasteiger partial charge in [-0.2, -0.15) is 0 Å². The molecule has 0 radical (unpaired) electrons. The van der Waals surface area contributed by atoms with Gasteiger partial charge < -0.3 is 14.6 Å². The molecule has 1 amide bonds. The highest BCUT2D eigenvalue weighted by Gasteiger charge is 2.37. The summed E-state index contributed by atoms with van der Waals surface area (Å²) in [4.78, 5) is 34.2. The first-order chi connectivity index (χ1) is 8.23. The van der Waals surface area contributed by atoms with Crippen LogP contribution < -0.4 is 0 Å². The summed E-state index contributed by atoms with van der Waals surface area (Å²) in [5.41, 5.74) is -0.570. The van der Waals surface area contributed by atoms with Crippen LogP contribution in [-0.2, 0) is 9.53 Å². The molecule has 0 unspecified atom stereocenters. The molecule has 1 heterocycles. The highest BCUT2D eigenvalue weighted by Crippen LogP contribution is 2.29. The first-order valence-corrected chi connectivity index (χ1v) is 6.45. The minimum absolute atomic E-state index is 0.169. The highest BCUT2D eigenvalue weighted by molar-refractivity contribution is 8.13. The number of ether oxygens (including phenoxy) is 1. The van der Waals surface area contributed by atoms with Crippen molar-refractivity contribution in [2.45, 2.75) is 44.1 Å². The lowest BCUT2D eigenvalue weighted by Crippen LogP contribution is -2.35. The SMILES string of the molecule is CC(C)(C)OC(=O)S[C@H]1C[C@@H](C=O)N(C(=O)O)C1. The Morgan fingerprint density at radius 3 is 2.44 bits per heavy atom. The summed E-state index contributed by atoms with van der Waals surface area (Å²) < 4.78 is 5.13. The minimum Gasteiger partial charge on any atom is -0.465 e. The first-order valence-electron chi connectivity index (χ1n) is 5.57. The van der Waals surface area contributed by atoms with Crippen molar-refractivity contribution in [2.75, 3.05) is 6.54 Å². The average Bonchev–Trinajstić information content (AvgIpc) is 2.57. The number of carbonyl (C=O) groups is 3. The fourth-order valence-electron chi connectivity index (χ4n) is 1.67. The molecule has 1 aliphatic rings. The van der Waals surface area contributed by atoms with E-state index in [1.54, 1.807) is 20.8 Å². The molecular weight excluding hydrogens is 258 g/mol. The Balaban J connectivity index is 2.53. The summed E-state index contributed by atoms with van der Waals surface area (Å²) in [7, 11) is 0. The third-order valence-corrected chi connectivity index (χ3v) is 3.31. The van der Waals surface area contributed by atoms with E-state index in [-0.39, 0.29) is 11.8 Å². The maximum absolute atomic E-state index is 11.6. The number of aldehydes is 1. The highest BCUT2D eigenvalue weighted by atomic mass is 32.2. The van der Waals surface area contributed by atoms with Crippen molar-refractivity contribution in [3.8, 4) is 0 Å². The summed E-state index contributed by atoms with van der Waals surface area (Å²) in [6, 6.07) is -0.664. The van der Waals surface area contributed by atoms with Crippen LogP contribution in [0.1, 0.15) is 27.2 Å². The minimum atomic E-state index is -1.14. The lowest BCUT2D eigenvalue weighted by atomic mass is 10.2. The number of carboxylic acid groups (broad SMARTS) is 1. The van der Waals surface area contributed by atoms with E-state index in [4.69, 9.17) is 9.84 Å². The summed E-state index contributed by atoms with van der Waals surface area (Å²) in [6.45, 7) is 5.45. The molecule has 0 saturated carbocycles. The number of hydrogen-bond donors (Lipinski definition) is 1. The van der Waals surface area contributed by atoms with Crippen LogP contribution in [0.2, 0.25) is 0 Å². The molecule has 2 atom stereocenters. The predicted octanol–water partition coefficient (Wildman–Crippen LogP) is 1.97. The zero-order chi connectivity index (χ0) is 13.9. The van der Waals surface area contributed by atoms with E-state index in [2.05, 4.69) is 0 Å². The van der Waals surface area contributed by atoms with Gasteiger partial charge in [0.1, 0.15) is 11.9 Å². The van der Waals surface area contributed by atoms with E-state index < -0.39 is 23.0 Å². The Kier molecular flexibility index (Phi) is 4.61. The van der Waals surface area contributed by atoms with E-state index in [9.17, 15) is 14.4 Å². The van der Waals surface area contributed by atoms with Crippen LogP contribution in [0, 0.1) is 0 Å². The Bertz CT molecular complexity index is 352. The number of thioether (sulfide) groups is 1. The molecule has 1 saturated heterocycles. The van der Waals surface area contributed by atoms with Crippen molar-refractivity contribution in [3.05, 3.63) is 0 Å². The van der Waals surface area contributed by atoms with Gasteiger partial charge in [0.15, 0.2) is 0 Å². The van der Waals surface area contributed by atoms with Gasteiger partial charge in [-0.3, -0.25) is 4.90 Å². The maximum Gasteiger partial charge on any atom is 0.407 e. The predicted molar refractivity (Wildman–Crippen MR) is 66.8 cm³/mol. The second-order valence-electron chi connectivity index (χ2n) is 5.08. The lowest BCUT2D eigenvalue weighted by molar-refractivity contribution is -0.111. The van der Waals surface area contributed by atoms with Crippen LogP contribution in [0.15, 0.2) is 0 Å². The van der Waals surface area contributed by atoms with Crippen molar-refractivity contribution < 1.29 is 24.2 Å². The van der Waals surface area contributed by atoms with Gasteiger partial charge in [0.25, 0.3) is 0 Å². The Morgan fingerprint density at radius 2 is 2.06 bits per heavy atom. The topological polar surface area (TPSA) is 83.9 Å². The van der Waals surface area contributed by atoms with Gasteiger partial charge in [0.05, 0.1) is 6.04 Å². The number of nitrogens with zero attached hydrogens (tertiary/aromatic N) is 1. The number of carbonyl (C=O) groups excluding carboxylic acids is 2. The summed E-state index contributed by atoms with van der Waals surface area (Å²) >= 11 is 0.949. The van der Waals surface area contributed by atoms with Gasteiger partial charge in [-0.1, -0.05) is 0 Å². The van der Waals surface area contributed by atoms with Gasteiger partial charge in [-0.15, -0.1) is 0 Å². The molecule has 1 fully saturated rings. The Hall–Kier alpha value is -1.24. The van der Waals surface area contributed by atoms with Crippen LogP contribution in [-0.4, -0.2) is 51.1 Å². The van der Waals surface area contributed by atoms with Crippen LogP contribution in [0.5, 0.6) is 0 Å². The van der Waals surface area contributed by atoms with Crippen LogP contribution in [0.25, 0.3) is 0 Å². The molecule has 1 aliphatic heterocycles. The molecule has 6 nitrogen and oxygen atoms in total. The third kappa shape index (κ3) is 4.21. The second kappa shape index (κ2) is 5.60. The number of amides is 1. The molecule has 0 aromatic carbocycles. The fourth-order valence-corrected chi connectivity index (χ4v) is 2.77. The molecule has 0 spiro atoms. The van der Waals surface area contributed by atoms with Gasteiger partial charge in [0.2, 0.25) is 0 Å². The van der Waals surface area contributed by atoms with Gasteiger partial charge >= 0.3 is 11.4 Å². The molecule has 18 heavy (non-hydrogen) atoms. The quantitative estimate of drug-likeness (QED) is 0.612. The number of rotatable bonds is 2. The average molecular weight is 275 g/mol. The van der Waals surface area contributed by atoms with E-state index in [1.807, 2.05) is 0 Å². The van der Waals surface area contributed by atoms with Gasteiger partial charge in [-0.05, 0) is 39.0 Å².